The van der Waals surface area contributed by atoms with Crippen molar-refractivity contribution in [3.05, 3.63) is 77.4 Å². The SMILES string of the molecule is CC(C)=CCN[C@@H](CC(C)C)C(=O)N[C@H](Cc1ccc(OCc2ccccc2)cc1)C(=O)OC(C)(C)C. The zero-order valence-electron chi connectivity index (χ0n) is 23.5. The van der Waals surface area contributed by atoms with E-state index in [9.17, 15) is 9.59 Å². The zero-order valence-corrected chi connectivity index (χ0v) is 23.5. The lowest BCUT2D eigenvalue weighted by atomic mass is 10.0. The van der Waals surface area contributed by atoms with Gasteiger partial charge in [0, 0.05) is 13.0 Å². The Labute approximate surface area is 222 Å². The molecule has 0 bridgehead atoms. The van der Waals surface area contributed by atoms with Crippen LogP contribution in [-0.4, -0.2) is 36.1 Å². The van der Waals surface area contributed by atoms with Gasteiger partial charge < -0.3 is 20.1 Å². The molecule has 0 saturated heterocycles. The molecule has 0 aliphatic heterocycles. The number of nitrogens with one attached hydrogen (secondary N) is 2. The highest BCUT2D eigenvalue weighted by atomic mass is 16.6. The van der Waals surface area contributed by atoms with Gasteiger partial charge in [-0.25, -0.2) is 4.79 Å². The lowest BCUT2D eigenvalue weighted by molar-refractivity contribution is -0.158. The van der Waals surface area contributed by atoms with Gasteiger partial charge in [0.2, 0.25) is 5.91 Å². The number of hydrogen-bond acceptors (Lipinski definition) is 5. The van der Waals surface area contributed by atoms with Gasteiger partial charge in [0.05, 0.1) is 6.04 Å². The van der Waals surface area contributed by atoms with Crippen LogP contribution >= 0.6 is 0 Å². The van der Waals surface area contributed by atoms with E-state index in [1.165, 1.54) is 5.57 Å². The molecular weight excluding hydrogens is 464 g/mol. The van der Waals surface area contributed by atoms with Crippen molar-refractivity contribution in [2.45, 2.75) is 85.6 Å². The summed E-state index contributed by atoms with van der Waals surface area (Å²) in [5.74, 6) is 0.414. The number of rotatable bonds is 13. The van der Waals surface area contributed by atoms with E-state index in [0.29, 0.717) is 31.9 Å². The summed E-state index contributed by atoms with van der Waals surface area (Å²) in [7, 11) is 0. The van der Waals surface area contributed by atoms with Crippen LogP contribution in [0.2, 0.25) is 0 Å². The van der Waals surface area contributed by atoms with E-state index in [1.807, 2.05) is 95.3 Å². The van der Waals surface area contributed by atoms with Gasteiger partial charge in [-0.2, -0.15) is 0 Å². The van der Waals surface area contributed by atoms with Crippen molar-refractivity contribution in [3.63, 3.8) is 0 Å². The molecule has 0 aliphatic rings. The fourth-order valence-electron chi connectivity index (χ4n) is 3.70. The third-order valence-electron chi connectivity index (χ3n) is 5.52. The van der Waals surface area contributed by atoms with Gasteiger partial charge in [0.25, 0.3) is 0 Å². The highest BCUT2D eigenvalue weighted by molar-refractivity contribution is 5.88. The lowest BCUT2D eigenvalue weighted by Gasteiger charge is -2.27. The van der Waals surface area contributed by atoms with Crippen molar-refractivity contribution in [2.75, 3.05) is 6.54 Å². The van der Waals surface area contributed by atoms with E-state index in [1.54, 1.807) is 0 Å². The number of carbonyl (C=O) groups is 2. The molecular formula is C31H44N2O4. The van der Waals surface area contributed by atoms with Crippen LogP contribution in [0.4, 0.5) is 0 Å². The van der Waals surface area contributed by atoms with E-state index in [0.717, 1.165) is 16.9 Å². The Balaban J connectivity index is 2.12. The van der Waals surface area contributed by atoms with Crippen LogP contribution in [0.3, 0.4) is 0 Å². The largest absolute Gasteiger partial charge is 0.489 e. The predicted octanol–water partition coefficient (Wildman–Crippen LogP) is 5.61. The third-order valence-corrected chi connectivity index (χ3v) is 5.52. The fourth-order valence-corrected chi connectivity index (χ4v) is 3.70. The number of allylic oxidation sites excluding steroid dienone is 1. The van der Waals surface area contributed by atoms with Crippen LogP contribution in [-0.2, 0) is 27.4 Å². The molecule has 0 saturated carbocycles. The number of hydrogen-bond donors (Lipinski definition) is 2. The summed E-state index contributed by atoms with van der Waals surface area (Å²) in [5.41, 5.74) is 2.52. The summed E-state index contributed by atoms with van der Waals surface area (Å²) >= 11 is 0. The fraction of sp³-hybridized carbons (Fsp3) is 0.484. The third kappa shape index (κ3) is 12.1. The Hall–Kier alpha value is -3.12. The summed E-state index contributed by atoms with van der Waals surface area (Å²) in [4.78, 5) is 26.4. The zero-order chi connectivity index (χ0) is 27.4. The minimum Gasteiger partial charge on any atom is -0.489 e. The molecule has 2 N–H and O–H groups in total. The summed E-state index contributed by atoms with van der Waals surface area (Å²) in [6, 6.07) is 16.4. The molecule has 0 spiro atoms. The van der Waals surface area contributed by atoms with E-state index < -0.39 is 23.7 Å². The minimum absolute atomic E-state index is 0.200. The second-order valence-corrected chi connectivity index (χ2v) is 11.1. The molecule has 0 aliphatic carbocycles. The first-order valence-electron chi connectivity index (χ1n) is 13.1. The number of benzene rings is 2. The predicted molar refractivity (Wildman–Crippen MR) is 149 cm³/mol. The van der Waals surface area contributed by atoms with Gasteiger partial charge in [-0.15, -0.1) is 0 Å². The number of esters is 1. The van der Waals surface area contributed by atoms with Crippen molar-refractivity contribution >= 4 is 11.9 Å². The maximum Gasteiger partial charge on any atom is 0.329 e. The quantitative estimate of drug-likeness (QED) is 0.272. The smallest absolute Gasteiger partial charge is 0.329 e. The van der Waals surface area contributed by atoms with Gasteiger partial charge in [-0.05, 0) is 70.2 Å². The molecule has 202 valence electrons. The minimum atomic E-state index is -0.803. The average Bonchev–Trinajstić information content (AvgIpc) is 2.81. The molecule has 6 nitrogen and oxygen atoms in total. The molecule has 2 aromatic carbocycles. The van der Waals surface area contributed by atoms with E-state index in [-0.39, 0.29) is 5.91 Å². The molecule has 6 heteroatoms. The monoisotopic (exact) mass is 508 g/mol. The maximum atomic E-state index is 13.3. The Kier molecular flexibility index (Phi) is 11.9. The normalized spacial score (nSPS) is 13.0. The van der Waals surface area contributed by atoms with Gasteiger partial charge in [0.15, 0.2) is 0 Å². The van der Waals surface area contributed by atoms with Crippen LogP contribution in [0.25, 0.3) is 0 Å². The molecule has 37 heavy (non-hydrogen) atoms. The van der Waals surface area contributed by atoms with Crippen molar-refractivity contribution in [1.29, 1.82) is 0 Å². The first-order chi connectivity index (χ1) is 17.4. The van der Waals surface area contributed by atoms with E-state index in [2.05, 4.69) is 24.5 Å². The number of amides is 1. The molecule has 2 rings (SSSR count). The van der Waals surface area contributed by atoms with Crippen molar-refractivity contribution in [3.8, 4) is 5.75 Å². The number of ether oxygens (including phenoxy) is 2. The summed E-state index contributed by atoms with van der Waals surface area (Å²) in [6.45, 7) is 14.8. The summed E-state index contributed by atoms with van der Waals surface area (Å²) in [5, 5.41) is 6.28. The number of carbonyl (C=O) groups excluding carboxylic acids is 2. The second-order valence-electron chi connectivity index (χ2n) is 11.1. The Morgan fingerprint density at radius 2 is 1.57 bits per heavy atom. The van der Waals surface area contributed by atoms with Crippen LogP contribution in [0.15, 0.2) is 66.2 Å². The van der Waals surface area contributed by atoms with Crippen molar-refractivity contribution in [1.82, 2.24) is 10.6 Å². The standard InChI is InChI=1S/C31H44N2O4/c1-22(2)17-18-32-27(19-23(3)4)29(34)33-28(30(35)37-31(5,6)7)20-24-13-15-26(16-14-24)36-21-25-11-9-8-10-12-25/h8-17,23,27-28,32H,18-21H2,1-7H3,(H,33,34)/t27-,28+/m0/s1. The molecule has 2 atom stereocenters. The van der Waals surface area contributed by atoms with Crippen LogP contribution in [0.5, 0.6) is 5.75 Å². The maximum absolute atomic E-state index is 13.3. The van der Waals surface area contributed by atoms with Crippen molar-refractivity contribution < 1.29 is 19.1 Å². The van der Waals surface area contributed by atoms with Crippen LogP contribution < -0.4 is 15.4 Å². The molecule has 0 radical (unpaired) electrons. The second kappa shape index (κ2) is 14.6. The van der Waals surface area contributed by atoms with E-state index >= 15 is 0 Å². The van der Waals surface area contributed by atoms with E-state index in [4.69, 9.17) is 9.47 Å². The first-order valence-corrected chi connectivity index (χ1v) is 13.1. The average molecular weight is 509 g/mol. The lowest BCUT2D eigenvalue weighted by Crippen LogP contribution is -2.52. The Bertz CT molecular complexity index is 1000. The molecule has 0 aromatic heterocycles. The first kappa shape index (κ1) is 30.1. The van der Waals surface area contributed by atoms with Gasteiger partial charge >= 0.3 is 5.97 Å². The van der Waals surface area contributed by atoms with Gasteiger partial charge in [-0.1, -0.05) is 68.0 Å². The summed E-state index contributed by atoms with van der Waals surface area (Å²) < 4.78 is 11.5. The van der Waals surface area contributed by atoms with Gasteiger partial charge in [0.1, 0.15) is 24.0 Å². The molecule has 0 unspecified atom stereocenters. The van der Waals surface area contributed by atoms with Crippen LogP contribution in [0.1, 0.15) is 66.0 Å². The highest BCUT2D eigenvalue weighted by Crippen LogP contribution is 2.17. The molecule has 0 heterocycles. The van der Waals surface area contributed by atoms with Crippen LogP contribution in [0, 0.1) is 5.92 Å². The molecule has 1 amide bonds. The Morgan fingerprint density at radius 3 is 2.14 bits per heavy atom. The molecule has 2 aromatic rings. The topological polar surface area (TPSA) is 76.7 Å². The summed E-state index contributed by atoms with van der Waals surface area (Å²) in [6.07, 6.45) is 3.03. The highest BCUT2D eigenvalue weighted by Gasteiger charge is 2.29. The molecule has 0 fully saturated rings. The van der Waals surface area contributed by atoms with Crippen molar-refractivity contribution in [2.24, 2.45) is 5.92 Å². The van der Waals surface area contributed by atoms with Gasteiger partial charge in [-0.3, -0.25) is 4.79 Å². The Morgan fingerprint density at radius 1 is 0.919 bits per heavy atom.